The molecule has 2 rings (SSSR count). The molecule has 0 spiro atoms. The first-order valence-electron chi connectivity index (χ1n) is 8.26. The molecule has 6 heteroatoms. The van der Waals surface area contributed by atoms with Gasteiger partial charge in [-0.25, -0.2) is 0 Å². The maximum Gasteiger partial charge on any atom is 0.243 e. The molecule has 0 unspecified atom stereocenters. The highest BCUT2D eigenvalue weighted by atomic mass is 35.5. The predicted octanol–water partition coefficient (Wildman–Crippen LogP) is -0.916. The second-order valence-electron chi connectivity index (χ2n) is 6.30. The number of quaternary nitrogens is 1. The van der Waals surface area contributed by atoms with Crippen LogP contribution in [0.15, 0.2) is 30.9 Å². The van der Waals surface area contributed by atoms with Gasteiger partial charge < -0.3 is 32.7 Å². The van der Waals surface area contributed by atoms with Crippen molar-refractivity contribution in [2.24, 2.45) is 0 Å². The third-order valence-corrected chi connectivity index (χ3v) is 4.65. The molecule has 1 fully saturated rings. The van der Waals surface area contributed by atoms with Crippen molar-refractivity contribution in [2.75, 3.05) is 39.0 Å². The van der Waals surface area contributed by atoms with E-state index in [1.807, 2.05) is 12.1 Å². The van der Waals surface area contributed by atoms with E-state index in [0.717, 1.165) is 36.4 Å². The van der Waals surface area contributed by atoms with Gasteiger partial charge in [-0.05, 0) is 43.5 Å². The number of hydrogen-bond donors (Lipinski definition) is 2. The molecule has 0 saturated carbocycles. The van der Waals surface area contributed by atoms with E-state index in [0.29, 0.717) is 12.2 Å². The van der Waals surface area contributed by atoms with Crippen LogP contribution in [0.3, 0.4) is 0 Å². The Labute approximate surface area is 150 Å². The number of piperidine rings is 1. The van der Waals surface area contributed by atoms with Crippen LogP contribution >= 0.6 is 0 Å². The zero-order valence-corrected chi connectivity index (χ0v) is 15.1. The molecule has 1 aliphatic heterocycles. The molecule has 0 bridgehead atoms. The maximum absolute atomic E-state index is 11.4. The number of carbonyl (C=O) groups excluding carboxylic acids is 1. The average molecular weight is 354 g/mol. The van der Waals surface area contributed by atoms with Gasteiger partial charge in [0.05, 0.1) is 39.0 Å². The smallest absolute Gasteiger partial charge is 0.243 e. The number of benzene rings is 1. The van der Waals surface area contributed by atoms with E-state index in [2.05, 4.69) is 18.0 Å². The largest absolute Gasteiger partial charge is 1.00 e. The van der Waals surface area contributed by atoms with Crippen molar-refractivity contribution in [2.45, 2.75) is 25.8 Å². The first kappa shape index (κ1) is 20.3. The fourth-order valence-corrected chi connectivity index (χ4v) is 3.40. The number of nitrogens with one attached hydrogen (secondary N) is 1. The van der Waals surface area contributed by atoms with Crippen molar-refractivity contribution in [1.29, 1.82) is 0 Å². The summed E-state index contributed by atoms with van der Waals surface area (Å²) in [6, 6.07) is 6.03. The zero-order valence-electron chi connectivity index (χ0n) is 14.4. The van der Waals surface area contributed by atoms with Crippen LogP contribution in [0.1, 0.15) is 24.8 Å². The van der Waals surface area contributed by atoms with Crippen molar-refractivity contribution in [1.82, 2.24) is 5.32 Å². The first-order valence-corrected chi connectivity index (χ1v) is 8.26. The molecular formula is C18H28ClN3O2. The maximum atomic E-state index is 11.4. The van der Waals surface area contributed by atoms with Gasteiger partial charge in [0.15, 0.2) is 0 Å². The molecule has 24 heavy (non-hydrogen) atoms. The third kappa shape index (κ3) is 5.42. The highest BCUT2D eigenvalue weighted by Gasteiger charge is 2.30. The van der Waals surface area contributed by atoms with E-state index in [4.69, 9.17) is 10.5 Å². The predicted molar refractivity (Wildman–Crippen MR) is 93.0 cm³/mol. The summed E-state index contributed by atoms with van der Waals surface area (Å²) in [6.07, 6.45) is 5.09. The lowest BCUT2D eigenvalue weighted by Crippen LogP contribution is -3.00. The van der Waals surface area contributed by atoms with E-state index in [1.54, 1.807) is 7.11 Å². The van der Waals surface area contributed by atoms with Crippen molar-refractivity contribution in [3.05, 3.63) is 36.4 Å². The number of anilines is 1. The summed E-state index contributed by atoms with van der Waals surface area (Å²) in [5.41, 5.74) is 7.94. The Balaban J connectivity index is 0.00000288. The number of carbonyl (C=O) groups is 1. The van der Waals surface area contributed by atoms with Crippen molar-refractivity contribution in [3.8, 4) is 5.75 Å². The van der Waals surface area contributed by atoms with Gasteiger partial charge in [-0.1, -0.05) is 6.58 Å². The Morgan fingerprint density at radius 2 is 2.08 bits per heavy atom. The molecule has 1 aliphatic rings. The number of nitrogen functional groups attached to an aromatic ring is 1. The number of amides is 1. The third-order valence-electron chi connectivity index (χ3n) is 4.65. The summed E-state index contributed by atoms with van der Waals surface area (Å²) in [5.74, 6) is 0.617. The van der Waals surface area contributed by atoms with Crippen molar-refractivity contribution < 1.29 is 26.4 Å². The van der Waals surface area contributed by atoms with Crippen molar-refractivity contribution in [3.63, 3.8) is 0 Å². The van der Waals surface area contributed by atoms with Crippen LogP contribution < -0.4 is 28.2 Å². The Morgan fingerprint density at radius 1 is 1.38 bits per heavy atom. The number of likely N-dealkylation sites (tertiary alicyclic amines) is 1. The van der Waals surface area contributed by atoms with Crippen molar-refractivity contribution >= 4 is 11.6 Å². The fraction of sp³-hybridized carbons (Fsp3) is 0.500. The minimum Gasteiger partial charge on any atom is -1.00 e. The molecule has 3 N–H and O–H groups in total. The van der Waals surface area contributed by atoms with Gasteiger partial charge >= 0.3 is 0 Å². The van der Waals surface area contributed by atoms with Gasteiger partial charge in [-0.15, -0.1) is 0 Å². The number of halogens is 1. The average Bonchev–Trinajstić information content (AvgIpc) is 2.55. The van der Waals surface area contributed by atoms with E-state index in [1.165, 1.54) is 30.9 Å². The van der Waals surface area contributed by atoms with E-state index in [-0.39, 0.29) is 18.3 Å². The second kappa shape index (κ2) is 9.55. The van der Waals surface area contributed by atoms with Crippen LogP contribution in [0, 0.1) is 0 Å². The van der Waals surface area contributed by atoms with E-state index in [9.17, 15) is 4.79 Å². The van der Waals surface area contributed by atoms with Crippen LogP contribution in [0.25, 0.3) is 0 Å². The summed E-state index contributed by atoms with van der Waals surface area (Å²) < 4.78 is 6.23. The molecular weight excluding hydrogens is 326 g/mol. The zero-order chi connectivity index (χ0) is 16.7. The van der Waals surface area contributed by atoms with Gasteiger partial charge in [0, 0.05) is 5.56 Å². The molecule has 134 valence electrons. The standard InChI is InChI=1S/C18H27N3O2.ClH/c1-3-18(22)20-9-12-21(10-5-4-6-11-21)14-15-7-8-17(23-2)16(19)13-15;/h3,7-8,13H,1,4-6,9-12,14,19H2,2H3;1H. The quantitative estimate of drug-likeness (QED) is 0.379. The molecule has 1 amide bonds. The molecule has 0 aliphatic carbocycles. The molecule has 0 aromatic heterocycles. The summed E-state index contributed by atoms with van der Waals surface area (Å²) in [7, 11) is 1.63. The highest BCUT2D eigenvalue weighted by molar-refractivity contribution is 5.86. The van der Waals surface area contributed by atoms with Crippen LogP contribution in [-0.2, 0) is 11.3 Å². The molecule has 1 aromatic rings. The van der Waals surface area contributed by atoms with E-state index < -0.39 is 0 Å². The van der Waals surface area contributed by atoms with Crippen LogP contribution in [0.5, 0.6) is 5.75 Å². The van der Waals surface area contributed by atoms with Gasteiger partial charge in [-0.2, -0.15) is 0 Å². The Kier molecular flexibility index (Phi) is 8.08. The summed E-state index contributed by atoms with van der Waals surface area (Å²) in [5, 5.41) is 2.90. The topological polar surface area (TPSA) is 64.3 Å². The molecule has 0 radical (unpaired) electrons. The molecule has 1 heterocycles. The van der Waals surface area contributed by atoms with E-state index >= 15 is 0 Å². The molecule has 1 saturated heterocycles. The minimum absolute atomic E-state index is 0. The lowest BCUT2D eigenvalue weighted by Gasteiger charge is -2.41. The monoisotopic (exact) mass is 353 g/mol. The Morgan fingerprint density at radius 3 is 2.67 bits per heavy atom. The normalized spacial score (nSPS) is 15.9. The van der Waals surface area contributed by atoms with Gasteiger partial charge in [0.1, 0.15) is 12.3 Å². The number of nitrogens with zero attached hydrogens (tertiary/aromatic N) is 1. The summed E-state index contributed by atoms with van der Waals surface area (Å²) in [4.78, 5) is 11.4. The number of methoxy groups -OCH3 is 1. The Hall–Kier alpha value is -1.72. The number of rotatable bonds is 7. The SMILES string of the molecule is C=CC(=O)NCC[N+]1(Cc2ccc(OC)c(N)c2)CCCCC1.[Cl-]. The number of hydrogen-bond acceptors (Lipinski definition) is 3. The summed E-state index contributed by atoms with van der Waals surface area (Å²) >= 11 is 0. The summed E-state index contributed by atoms with van der Waals surface area (Å²) in [6.45, 7) is 8.35. The Bertz CT molecular complexity index is 557. The number of ether oxygens (including phenoxy) is 1. The van der Waals surface area contributed by atoms with Crippen LogP contribution in [0.4, 0.5) is 5.69 Å². The molecule has 0 atom stereocenters. The second-order valence-corrected chi connectivity index (χ2v) is 6.30. The number of nitrogens with two attached hydrogens (primary N) is 1. The first-order chi connectivity index (χ1) is 11.1. The van der Waals surface area contributed by atoms with Gasteiger partial charge in [0.2, 0.25) is 5.91 Å². The lowest BCUT2D eigenvalue weighted by molar-refractivity contribution is -0.944. The van der Waals surface area contributed by atoms with Crippen LogP contribution in [0.2, 0.25) is 0 Å². The molecule has 5 nitrogen and oxygen atoms in total. The van der Waals surface area contributed by atoms with Crippen LogP contribution in [-0.4, -0.2) is 43.7 Å². The minimum atomic E-state index is -0.103. The highest BCUT2D eigenvalue weighted by Crippen LogP contribution is 2.27. The molecule has 1 aromatic carbocycles. The fourth-order valence-electron chi connectivity index (χ4n) is 3.40. The van der Waals surface area contributed by atoms with Gasteiger partial charge in [0.25, 0.3) is 0 Å². The van der Waals surface area contributed by atoms with Gasteiger partial charge in [-0.3, -0.25) is 4.79 Å². The lowest BCUT2D eigenvalue weighted by atomic mass is 10.0.